The van der Waals surface area contributed by atoms with Crippen molar-refractivity contribution in [2.45, 2.75) is 44.3 Å². The molecule has 0 radical (unpaired) electrons. The van der Waals surface area contributed by atoms with Crippen molar-refractivity contribution >= 4 is 5.69 Å². The summed E-state index contributed by atoms with van der Waals surface area (Å²) in [6.07, 6.45) is 4.00. The molecule has 7 nitrogen and oxygen atoms in total. The summed E-state index contributed by atoms with van der Waals surface area (Å²) in [5, 5.41) is 20.8. The Labute approximate surface area is 150 Å². The highest BCUT2D eigenvalue weighted by Gasteiger charge is 2.19. The van der Waals surface area contributed by atoms with Crippen LogP contribution in [0.2, 0.25) is 0 Å². The maximum atomic E-state index is 5.52. The summed E-state index contributed by atoms with van der Waals surface area (Å²) in [6, 6.07) is 6.86. The Morgan fingerprint density at radius 1 is 1.20 bits per heavy atom. The Morgan fingerprint density at radius 3 is 2.88 bits per heavy atom. The lowest BCUT2D eigenvalue weighted by Crippen LogP contribution is -2.61. The summed E-state index contributed by atoms with van der Waals surface area (Å²) in [4.78, 5) is 0. The first-order chi connectivity index (χ1) is 12.3. The average molecular weight is 348 g/mol. The summed E-state index contributed by atoms with van der Waals surface area (Å²) in [5.74, 6) is 0.926. The highest BCUT2D eigenvalue weighted by atomic mass is 16.5. The van der Waals surface area contributed by atoms with Gasteiger partial charge in [0.05, 0.1) is 13.3 Å². The Morgan fingerprint density at radius 2 is 2.12 bits per heavy atom. The molecule has 2 aliphatic heterocycles. The molecule has 0 bridgehead atoms. The third-order valence-corrected chi connectivity index (χ3v) is 4.96. The molecular weight excluding hydrogens is 316 g/mol. The van der Waals surface area contributed by atoms with E-state index in [0.717, 1.165) is 44.0 Å². The van der Waals surface area contributed by atoms with Crippen LogP contribution in [0.15, 0.2) is 18.2 Å². The van der Waals surface area contributed by atoms with Crippen LogP contribution in [0, 0.1) is 0 Å². The Kier molecular flexibility index (Phi) is 6.89. The zero-order valence-corrected chi connectivity index (χ0v) is 15.3. The second-order valence-corrected chi connectivity index (χ2v) is 6.78. The van der Waals surface area contributed by atoms with Gasteiger partial charge in [-0.15, -0.1) is 0 Å². The molecule has 0 saturated carbocycles. The van der Waals surface area contributed by atoms with Crippen LogP contribution in [0.5, 0.6) is 5.75 Å². The van der Waals surface area contributed by atoms with Gasteiger partial charge in [0.1, 0.15) is 12.0 Å². The van der Waals surface area contributed by atoms with E-state index in [2.05, 4.69) is 44.0 Å². The van der Waals surface area contributed by atoms with Gasteiger partial charge < -0.3 is 26.0 Å². The van der Waals surface area contributed by atoms with E-state index in [1.54, 1.807) is 7.11 Å². The standard InChI is InChI=1S/C18H32N6O/c1-19-17-7-9-22-18(24-17)23-14-5-6-16(25-2)13(10-14)11-20-12-15-4-3-8-21-15/h5-6,10,15,17-24H,3-4,7-9,11-12H2,1-2H3/t15-,17?,18?/m1/s1. The van der Waals surface area contributed by atoms with Crippen LogP contribution in [-0.4, -0.2) is 52.3 Å². The van der Waals surface area contributed by atoms with Crippen molar-refractivity contribution in [2.24, 2.45) is 0 Å². The number of hydrogen-bond acceptors (Lipinski definition) is 7. The zero-order chi connectivity index (χ0) is 17.5. The molecule has 2 fully saturated rings. The molecule has 1 aromatic rings. The molecule has 6 N–H and O–H groups in total. The molecule has 0 spiro atoms. The highest BCUT2D eigenvalue weighted by molar-refractivity contribution is 5.51. The Balaban J connectivity index is 1.56. The van der Waals surface area contributed by atoms with E-state index in [9.17, 15) is 0 Å². The van der Waals surface area contributed by atoms with E-state index in [1.165, 1.54) is 18.4 Å². The Bertz CT molecular complexity index is 534. The van der Waals surface area contributed by atoms with Gasteiger partial charge >= 0.3 is 0 Å². The van der Waals surface area contributed by atoms with Gasteiger partial charge in [0.2, 0.25) is 0 Å². The fourth-order valence-electron chi connectivity index (χ4n) is 3.52. The molecule has 2 aliphatic rings. The van der Waals surface area contributed by atoms with Crippen molar-refractivity contribution in [2.75, 3.05) is 39.1 Å². The van der Waals surface area contributed by atoms with Crippen LogP contribution >= 0.6 is 0 Å². The number of hydrogen-bond donors (Lipinski definition) is 6. The molecule has 0 amide bonds. The van der Waals surface area contributed by atoms with Gasteiger partial charge in [0.25, 0.3) is 0 Å². The minimum absolute atomic E-state index is 0.0584. The van der Waals surface area contributed by atoms with Crippen LogP contribution in [-0.2, 0) is 6.54 Å². The molecule has 1 aromatic carbocycles. The molecular formula is C18H32N6O. The number of benzene rings is 1. The van der Waals surface area contributed by atoms with Crippen molar-refractivity contribution in [3.63, 3.8) is 0 Å². The molecule has 25 heavy (non-hydrogen) atoms. The Hall–Kier alpha value is -1.38. The van der Waals surface area contributed by atoms with Crippen molar-refractivity contribution in [1.29, 1.82) is 0 Å². The molecule has 3 rings (SSSR count). The van der Waals surface area contributed by atoms with Crippen LogP contribution in [0.25, 0.3) is 0 Å². The lowest BCUT2D eigenvalue weighted by Gasteiger charge is -2.33. The molecule has 3 atom stereocenters. The van der Waals surface area contributed by atoms with Crippen LogP contribution < -0.4 is 36.6 Å². The molecule has 0 aliphatic carbocycles. The van der Waals surface area contributed by atoms with Crippen molar-refractivity contribution in [3.05, 3.63) is 23.8 Å². The summed E-state index contributed by atoms with van der Waals surface area (Å²) in [7, 11) is 3.71. The molecule has 2 saturated heterocycles. The van der Waals surface area contributed by atoms with Gasteiger partial charge in [-0.3, -0.25) is 10.6 Å². The zero-order valence-electron chi connectivity index (χ0n) is 15.3. The number of nitrogens with one attached hydrogen (secondary N) is 6. The molecule has 0 aromatic heterocycles. The summed E-state index contributed by atoms with van der Waals surface area (Å²) < 4.78 is 5.52. The summed E-state index contributed by atoms with van der Waals surface area (Å²) in [6.45, 7) is 3.93. The van der Waals surface area contributed by atoms with Gasteiger partial charge in [-0.2, -0.15) is 0 Å². The van der Waals surface area contributed by atoms with Gasteiger partial charge in [0, 0.05) is 36.9 Å². The first-order valence-electron chi connectivity index (χ1n) is 9.32. The summed E-state index contributed by atoms with van der Waals surface area (Å²) >= 11 is 0. The minimum atomic E-state index is 0.0584. The lowest BCUT2D eigenvalue weighted by atomic mass is 10.1. The normalized spacial score (nSPS) is 26.6. The van der Waals surface area contributed by atoms with Gasteiger partial charge in [0.15, 0.2) is 0 Å². The van der Waals surface area contributed by atoms with Gasteiger partial charge in [-0.05, 0) is 51.1 Å². The number of anilines is 1. The maximum absolute atomic E-state index is 5.52. The monoisotopic (exact) mass is 348 g/mol. The van der Waals surface area contributed by atoms with Gasteiger partial charge in [-0.1, -0.05) is 0 Å². The molecule has 2 unspecified atom stereocenters. The van der Waals surface area contributed by atoms with E-state index in [1.807, 2.05) is 13.1 Å². The topological polar surface area (TPSA) is 81.4 Å². The fourth-order valence-corrected chi connectivity index (χ4v) is 3.52. The minimum Gasteiger partial charge on any atom is -0.496 e. The maximum Gasteiger partial charge on any atom is 0.133 e. The molecule has 140 valence electrons. The lowest BCUT2D eigenvalue weighted by molar-refractivity contribution is 0.295. The van der Waals surface area contributed by atoms with E-state index in [0.29, 0.717) is 12.2 Å². The van der Waals surface area contributed by atoms with Crippen molar-refractivity contribution in [1.82, 2.24) is 26.6 Å². The summed E-state index contributed by atoms with van der Waals surface area (Å²) in [5.41, 5.74) is 2.25. The molecule has 2 heterocycles. The van der Waals surface area contributed by atoms with Crippen LogP contribution in [0.1, 0.15) is 24.8 Å². The third kappa shape index (κ3) is 5.29. The largest absolute Gasteiger partial charge is 0.496 e. The smallest absolute Gasteiger partial charge is 0.133 e. The van der Waals surface area contributed by atoms with E-state index < -0.39 is 0 Å². The van der Waals surface area contributed by atoms with Crippen molar-refractivity contribution < 1.29 is 4.74 Å². The highest BCUT2D eigenvalue weighted by Crippen LogP contribution is 2.23. The fraction of sp³-hybridized carbons (Fsp3) is 0.667. The van der Waals surface area contributed by atoms with Crippen molar-refractivity contribution in [3.8, 4) is 5.75 Å². The second-order valence-electron chi connectivity index (χ2n) is 6.78. The first kappa shape index (κ1) is 18.4. The first-order valence-corrected chi connectivity index (χ1v) is 9.32. The second kappa shape index (κ2) is 9.35. The molecule has 7 heteroatoms. The number of rotatable bonds is 8. The van der Waals surface area contributed by atoms with E-state index >= 15 is 0 Å². The number of methoxy groups -OCH3 is 1. The predicted octanol–water partition coefficient (Wildman–Crippen LogP) is 0.361. The average Bonchev–Trinajstić information content (AvgIpc) is 3.16. The van der Waals surface area contributed by atoms with E-state index in [-0.39, 0.29) is 6.29 Å². The predicted molar refractivity (Wildman–Crippen MR) is 102 cm³/mol. The third-order valence-electron chi connectivity index (χ3n) is 4.96. The van der Waals surface area contributed by atoms with E-state index in [4.69, 9.17) is 4.74 Å². The SMILES string of the molecule is CNC1CCNC(Nc2ccc(OC)c(CNC[C@H]3CCCN3)c2)N1. The van der Waals surface area contributed by atoms with Crippen LogP contribution in [0.3, 0.4) is 0 Å². The number of ether oxygens (including phenoxy) is 1. The van der Waals surface area contributed by atoms with Gasteiger partial charge in [-0.25, -0.2) is 0 Å². The quantitative estimate of drug-likeness (QED) is 0.405. The van der Waals surface area contributed by atoms with Crippen LogP contribution in [0.4, 0.5) is 5.69 Å².